The van der Waals surface area contributed by atoms with Crippen molar-refractivity contribution in [2.24, 2.45) is 29.6 Å². The highest BCUT2D eigenvalue weighted by Crippen LogP contribution is 2.69. The molecule has 3 aromatic carbocycles. The lowest BCUT2D eigenvalue weighted by Crippen LogP contribution is -2.42. The van der Waals surface area contributed by atoms with Crippen LogP contribution in [0.4, 0.5) is 28.9 Å². The second-order valence-corrected chi connectivity index (χ2v) is 15.2. The highest BCUT2D eigenvalue weighted by molar-refractivity contribution is 8.00. The van der Waals surface area contributed by atoms with E-state index in [2.05, 4.69) is 10.3 Å². The molecule has 2 aliphatic carbocycles. The quantitative estimate of drug-likeness (QED) is 0.165. The van der Waals surface area contributed by atoms with Crippen LogP contribution in [0.1, 0.15) is 28.3 Å². The molecule has 2 bridgehead atoms. The second-order valence-electron chi connectivity index (χ2n) is 12.5. The number of thiazole rings is 1. The van der Waals surface area contributed by atoms with E-state index in [1.807, 2.05) is 0 Å². The summed E-state index contributed by atoms with van der Waals surface area (Å²) in [6.45, 7) is -0.395. The summed E-state index contributed by atoms with van der Waals surface area (Å²) in [5.74, 6) is -4.48. The van der Waals surface area contributed by atoms with Crippen LogP contribution >= 0.6 is 34.7 Å². The minimum absolute atomic E-state index is 0.112. The fourth-order valence-corrected chi connectivity index (χ4v) is 11.3. The molecular weight excluding hydrogens is 706 g/mol. The molecule has 8 nitrogen and oxygen atoms in total. The molecule has 49 heavy (non-hydrogen) atoms. The van der Waals surface area contributed by atoms with Crippen molar-refractivity contribution in [2.75, 3.05) is 16.8 Å². The van der Waals surface area contributed by atoms with Crippen LogP contribution in [0, 0.1) is 35.4 Å². The van der Waals surface area contributed by atoms with Gasteiger partial charge in [-0.3, -0.25) is 24.1 Å². The number of hydrogen-bond acceptors (Lipinski definition) is 7. The maximum atomic E-state index is 14.0. The van der Waals surface area contributed by atoms with Gasteiger partial charge in [-0.25, -0.2) is 4.39 Å². The zero-order chi connectivity index (χ0) is 34.4. The van der Waals surface area contributed by atoms with Gasteiger partial charge in [-0.2, -0.15) is 13.2 Å². The third-order valence-corrected chi connectivity index (χ3v) is 12.8. The van der Waals surface area contributed by atoms with Crippen molar-refractivity contribution in [3.05, 3.63) is 103 Å². The van der Waals surface area contributed by atoms with Crippen LogP contribution in [0.5, 0.6) is 5.75 Å². The molecule has 0 spiro atoms. The molecule has 15 heteroatoms. The Morgan fingerprint density at radius 2 is 1.73 bits per heavy atom. The van der Waals surface area contributed by atoms with Gasteiger partial charge in [0.05, 0.1) is 28.1 Å². The minimum atomic E-state index is -4.65. The summed E-state index contributed by atoms with van der Waals surface area (Å²) in [4.78, 5) is 57.7. The molecular formula is C34H24ClF4N3O5S2. The van der Waals surface area contributed by atoms with Gasteiger partial charge in [-0.15, -0.1) is 11.8 Å². The number of nitrogens with zero attached hydrogens (tertiary/aromatic N) is 1. The van der Waals surface area contributed by atoms with Gasteiger partial charge in [-0.05, 0) is 84.8 Å². The minimum Gasteiger partial charge on any atom is -0.483 e. The van der Waals surface area contributed by atoms with E-state index in [4.69, 9.17) is 16.3 Å². The molecule has 4 aliphatic rings. The highest BCUT2D eigenvalue weighted by Gasteiger charge is 2.70. The summed E-state index contributed by atoms with van der Waals surface area (Å²) in [6, 6.07) is 14.5. The van der Waals surface area contributed by atoms with Gasteiger partial charge < -0.3 is 15.0 Å². The molecule has 7 atom stereocenters. The van der Waals surface area contributed by atoms with E-state index >= 15 is 0 Å². The number of benzene rings is 3. The Morgan fingerprint density at radius 3 is 2.47 bits per heavy atom. The number of alkyl halides is 3. The van der Waals surface area contributed by atoms with E-state index < -0.39 is 59.6 Å². The van der Waals surface area contributed by atoms with E-state index in [1.54, 1.807) is 18.2 Å². The van der Waals surface area contributed by atoms with Crippen molar-refractivity contribution in [3.63, 3.8) is 0 Å². The van der Waals surface area contributed by atoms with Crippen molar-refractivity contribution >= 4 is 63.8 Å². The largest absolute Gasteiger partial charge is 0.483 e. The maximum Gasteiger partial charge on any atom is 0.416 e. The average molecular weight is 730 g/mol. The number of thioether (sulfide) groups is 1. The average Bonchev–Trinajstić information content (AvgIpc) is 3.80. The summed E-state index contributed by atoms with van der Waals surface area (Å²) in [5, 5.41) is 3.45. The fraction of sp³-hybridized carbons (Fsp3) is 0.294. The molecule has 3 amide bonds. The number of ether oxygens (including phenoxy) is 1. The van der Waals surface area contributed by atoms with Crippen LogP contribution in [-0.2, 0) is 20.6 Å². The van der Waals surface area contributed by atoms with Crippen LogP contribution in [0.3, 0.4) is 0 Å². The number of rotatable bonds is 6. The maximum absolute atomic E-state index is 14.0. The fourth-order valence-electron chi connectivity index (χ4n) is 8.21. The number of fused-ring (bicyclic) bond motifs is 9. The molecule has 4 unspecified atom stereocenters. The van der Waals surface area contributed by atoms with Crippen molar-refractivity contribution in [3.8, 4) is 5.75 Å². The van der Waals surface area contributed by atoms with Gasteiger partial charge in [0.2, 0.25) is 11.8 Å². The first kappa shape index (κ1) is 32.1. The Kier molecular flexibility index (Phi) is 7.68. The molecule has 4 aromatic rings. The van der Waals surface area contributed by atoms with Crippen LogP contribution in [0.2, 0.25) is 5.02 Å². The van der Waals surface area contributed by atoms with Crippen LogP contribution < -0.4 is 19.8 Å². The summed E-state index contributed by atoms with van der Waals surface area (Å²) >= 11 is 9.00. The van der Waals surface area contributed by atoms with Crippen LogP contribution in [-0.4, -0.2) is 34.6 Å². The van der Waals surface area contributed by atoms with E-state index in [0.717, 1.165) is 33.2 Å². The molecule has 2 saturated carbocycles. The van der Waals surface area contributed by atoms with E-state index in [1.165, 1.54) is 48.2 Å². The van der Waals surface area contributed by atoms with Gasteiger partial charge in [0, 0.05) is 32.3 Å². The standard InChI is InChI=1S/C34H24ClF4N3O5S2/c35-15-4-9-22(47-13-23(43)40-17-7-5-16(36)6-8-17)19(11-15)24-25-20-12-21(28(25)48-30-29(24)49-33(46)41-30)27-26(20)31(44)42(32(27)45)18-3-1-2-14(10-18)34(37,38)39/h1-11,20-21,24-28H,12-13H2,(H,40,43)(H,41,46)/t20-,21-,24-,25?,26?,27?,28?/m1/s1. The van der Waals surface area contributed by atoms with Crippen molar-refractivity contribution < 1.29 is 36.7 Å². The third kappa shape index (κ3) is 5.35. The predicted molar refractivity (Wildman–Crippen MR) is 174 cm³/mol. The molecule has 252 valence electrons. The van der Waals surface area contributed by atoms with Gasteiger partial charge >= 0.3 is 11.0 Å². The Hall–Kier alpha value is -4.14. The Morgan fingerprint density at radius 1 is 1.00 bits per heavy atom. The number of aromatic amines is 1. The zero-order valence-electron chi connectivity index (χ0n) is 25.0. The van der Waals surface area contributed by atoms with E-state index in [9.17, 15) is 36.7 Å². The Bertz CT molecular complexity index is 2090. The number of nitrogens with one attached hydrogen (secondary N) is 2. The number of hydrogen-bond donors (Lipinski definition) is 2. The third-order valence-electron chi connectivity index (χ3n) is 9.95. The summed E-state index contributed by atoms with van der Waals surface area (Å²) in [6.07, 6.45) is -4.10. The number of aromatic nitrogens is 1. The van der Waals surface area contributed by atoms with E-state index in [-0.39, 0.29) is 33.6 Å². The number of carbonyl (C=O) groups excluding carboxylic acids is 3. The van der Waals surface area contributed by atoms with Gasteiger partial charge in [0.15, 0.2) is 6.61 Å². The number of amides is 3. The van der Waals surface area contributed by atoms with Gasteiger partial charge in [-0.1, -0.05) is 29.0 Å². The second kappa shape index (κ2) is 11.7. The number of anilines is 2. The molecule has 8 rings (SSSR count). The number of H-pyrrole nitrogens is 1. The summed E-state index contributed by atoms with van der Waals surface area (Å²) in [5.41, 5.74) is -0.0852. The normalized spacial score (nSPS) is 26.8. The zero-order valence-corrected chi connectivity index (χ0v) is 27.4. The van der Waals surface area contributed by atoms with Crippen LogP contribution in [0.25, 0.3) is 0 Å². The monoisotopic (exact) mass is 729 g/mol. The molecule has 1 aromatic heterocycles. The number of halogens is 5. The Labute approximate surface area is 288 Å². The van der Waals surface area contributed by atoms with Crippen molar-refractivity contribution in [1.29, 1.82) is 0 Å². The van der Waals surface area contributed by atoms with Gasteiger partial charge in [0.1, 0.15) is 11.6 Å². The SMILES string of the molecule is O=C(COc1ccc(Cl)cc1[C@H]1c2sc(=O)[nH]c2SC2C1[C@H]1C[C@@H]2C2C(=O)N(c3cccc(C(F)(F)F)c3)C(=O)C21)Nc1ccc(F)cc1. The van der Waals surface area contributed by atoms with Crippen molar-refractivity contribution in [2.45, 2.75) is 28.8 Å². The van der Waals surface area contributed by atoms with Crippen LogP contribution in [0.15, 0.2) is 76.6 Å². The number of carbonyl (C=O) groups is 3. The lowest BCUT2D eigenvalue weighted by atomic mass is 9.68. The predicted octanol–water partition coefficient (Wildman–Crippen LogP) is 6.94. The topological polar surface area (TPSA) is 109 Å². The van der Waals surface area contributed by atoms with Crippen molar-refractivity contribution in [1.82, 2.24) is 4.98 Å². The summed E-state index contributed by atoms with van der Waals surface area (Å²) < 4.78 is 60.0. The lowest BCUT2D eigenvalue weighted by molar-refractivity contribution is -0.137. The smallest absolute Gasteiger partial charge is 0.416 e. The summed E-state index contributed by atoms with van der Waals surface area (Å²) in [7, 11) is 0. The molecule has 2 aliphatic heterocycles. The molecule has 1 saturated heterocycles. The first-order valence-corrected chi connectivity index (χ1v) is 17.4. The molecule has 2 N–H and O–H groups in total. The molecule has 0 radical (unpaired) electrons. The lowest BCUT2D eigenvalue weighted by Gasteiger charge is -2.43. The molecule has 3 heterocycles. The van der Waals surface area contributed by atoms with E-state index in [0.29, 0.717) is 33.5 Å². The van der Waals surface area contributed by atoms with Gasteiger partial charge in [0.25, 0.3) is 5.91 Å². The number of imide groups is 1. The Balaban J connectivity index is 1.13. The first-order chi connectivity index (χ1) is 23.4. The first-order valence-electron chi connectivity index (χ1n) is 15.3. The highest BCUT2D eigenvalue weighted by atomic mass is 35.5. The molecule has 3 fully saturated rings.